The fourth-order valence-corrected chi connectivity index (χ4v) is 1.43. The topological polar surface area (TPSA) is 61.9 Å². The van der Waals surface area contributed by atoms with Gasteiger partial charge in [0.1, 0.15) is 11.6 Å². The molecule has 2 rings (SSSR count). The maximum absolute atomic E-state index is 13.4. The van der Waals surface area contributed by atoms with Gasteiger partial charge in [-0.05, 0) is 18.2 Å². The molecule has 0 radical (unpaired) electrons. The second-order valence-electron chi connectivity index (χ2n) is 3.50. The van der Waals surface area contributed by atoms with Crippen LogP contribution in [0.15, 0.2) is 35.0 Å². The third-order valence-corrected chi connectivity index (χ3v) is 2.28. The second kappa shape index (κ2) is 5.23. The molecule has 1 N–H and O–H groups in total. The van der Waals surface area contributed by atoms with Crippen molar-refractivity contribution in [2.75, 3.05) is 0 Å². The maximum Gasteiger partial charge on any atom is 0.150 e. The molecule has 0 aliphatic carbocycles. The molecule has 17 heavy (non-hydrogen) atoms. The summed E-state index contributed by atoms with van der Waals surface area (Å²) in [6, 6.07) is 7.99. The normalized spacial score (nSPS) is 10.1. The van der Waals surface area contributed by atoms with Crippen LogP contribution in [-0.4, -0.2) is 5.16 Å². The van der Waals surface area contributed by atoms with Crippen LogP contribution < -0.4 is 5.32 Å². The summed E-state index contributed by atoms with van der Waals surface area (Å²) < 4.78 is 18.3. The van der Waals surface area contributed by atoms with Crippen molar-refractivity contribution in [2.24, 2.45) is 0 Å². The van der Waals surface area contributed by atoms with Crippen LogP contribution in [0.25, 0.3) is 0 Å². The second-order valence-corrected chi connectivity index (χ2v) is 3.50. The third kappa shape index (κ3) is 2.89. The molecule has 0 amide bonds. The average molecular weight is 231 g/mol. The Balaban J connectivity index is 1.97. The summed E-state index contributed by atoms with van der Waals surface area (Å²) in [7, 11) is 0. The van der Waals surface area contributed by atoms with Crippen LogP contribution in [0.5, 0.6) is 0 Å². The summed E-state index contributed by atoms with van der Waals surface area (Å²) in [5, 5.41) is 15.3. The number of rotatable bonds is 4. The van der Waals surface area contributed by atoms with Gasteiger partial charge in [0.25, 0.3) is 0 Å². The molecule has 1 aromatic heterocycles. The van der Waals surface area contributed by atoms with Crippen molar-refractivity contribution in [1.82, 2.24) is 10.5 Å². The fraction of sp³-hybridized carbons (Fsp3) is 0.167. The summed E-state index contributed by atoms with van der Waals surface area (Å²) in [6.07, 6.45) is 1.55. The van der Waals surface area contributed by atoms with Crippen LogP contribution in [-0.2, 0) is 13.1 Å². The molecule has 0 saturated heterocycles. The summed E-state index contributed by atoms with van der Waals surface area (Å²) in [6.45, 7) is 0.804. The Morgan fingerprint density at radius 2 is 2.24 bits per heavy atom. The molecule has 86 valence electrons. The Bertz CT molecular complexity index is 531. The van der Waals surface area contributed by atoms with Gasteiger partial charge in [-0.25, -0.2) is 4.39 Å². The molecular formula is C12H10FN3O. The SMILES string of the molecule is N#Cc1ccc(F)c(CNCc2ccno2)c1. The van der Waals surface area contributed by atoms with Crippen molar-refractivity contribution in [2.45, 2.75) is 13.1 Å². The number of nitrogens with one attached hydrogen (secondary N) is 1. The summed E-state index contributed by atoms with van der Waals surface area (Å²) in [5.74, 6) is 0.357. The van der Waals surface area contributed by atoms with E-state index in [2.05, 4.69) is 10.5 Å². The van der Waals surface area contributed by atoms with Gasteiger partial charge < -0.3 is 9.84 Å². The van der Waals surface area contributed by atoms with E-state index >= 15 is 0 Å². The molecule has 1 aromatic carbocycles. The molecule has 4 nitrogen and oxygen atoms in total. The molecule has 0 aliphatic heterocycles. The highest BCUT2D eigenvalue weighted by Gasteiger charge is 2.04. The summed E-state index contributed by atoms with van der Waals surface area (Å²) in [5.41, 5.74) is 0.909. The Hall–Kier alpha value is -2.19. The Labute approximate surface area is 97.7 Å². The molecule has 0 aliphatic rings. The first-order chi connectivity index (χ1) is 8.29. The monoisotopic (exact) mass is 231 g/mol. The number of halogens is 1. The number of hydrogen-bond donors (Lipinski definition) is 1. The molecule has 0 fully saturated rings. The molecular weight excluding hydrogens is 221 g/mol. The fourth-order valence-electron chi connectivity index (χ4n) is 1.43. The molecule has 2 aromatic rings. The Morgan fingerprint density at radius 1 is 1.35 bits per heavy atom. The van der Waals surface area contributed by atoms with Gasteiger partial charge in [-0.2, -0.15) is 5.26 Å². The van der Waals surface area contributed by atoms with Crippen molar-refractivity contribution in [3.8, 4) is 6.07 Å². The third-order valence-electron chi connectivity index (χ3n) is 2.28. The van der Waals surface area contributed by atoms with Crippen LogP contribution in [0.2, 0.25) is 0 Å². The van der Waals surface area contributed by atoms with Crippen molar-refractivity contribution in [3.05, 3.63) is 53.2 Å². The molecule has 0 saturated carbocycles. The predicted octanol–water partition coefficient (Wildman–Crippen LogP) is 1.98. The average Bonchev–Trinajstić information content (AvgIpc) is 2.84. The van der Waals surface area contributed by atoms with Gasteiger partial charge in [0, 0.05) is 18.2 Å². The standard InChI is InChI=1S/C12H10FN3O/c13-12-2-1-9(6-14)5-10(12)7-15-8-11-3-4-16-17-11/h1-5,15H,7-8H2. The lowest BCUT2D eigenvalue weighted by molar-refractivity contribution is 0.372. The quantitative estimate of drug-likeness (QED) is 0.873. The summed E-state index contributed by atoms with van der Waals surface area (Å²) >= 11 is 0. The number of nitriles is 1. The highest BCUT2D eigenvalue weighted by molar-refractivity contribution is 5.33. The first-order valence-electron chi connectivity index (χ1n) is 5.08. The zero-order chi connectivity index (χ0) is 12.1. The summed E-state index contributed by atoms with van der Waals surface area (Å²) in [4.78, 5) is 0. The van der Waals surface area contributed by atoms with E-state index in [0.717, 1.165) is 0 Å². The van der Waals surface area contributed by atoms with Crippen molar-refractivity contribution >= 4 is 0 Å². The highest BCUT2D eigenvalue weighted by atomic mass is 19.1. The zero-order valence-corrected chi connectivity index (χ0v) is 8.98. The lowest BCUT2D eigenvalue weighted by atomic mass is 10.1. The van der Waals surface area contributed by atoms with E-state index in [0.29, 0.717) is 30.0 Å². The maximum atomic E-state index is 13.4. The van der Waals surface area contributed by atoms with Crippen molar-refractivity contribution in [1.29, 1.82) is 5.26 Å². The smallest absolute Gasteiger partial charge is 0.150 e. The molecule has 0 unspecified atom stereocenters. The van der Waals surface area contributed by atoms with Crippen LogP contribution in [0.4, 0.5) is 4.39 Å². The molecule has 0 bridgehead atoms. The predicted molar refractivity (Wildman–Crippen MR) is 58.2 cm³/mol. The minimum absolute atomic E-state index is 0.325. The van der Waals surface area contributed by atoms with Gasteiger partial charge in [0.05, 0.1) is 24.4 Å². The van der Waals surface area contributed by atoms with Crippen LogP contribution in [0.3, 0.4) is 0 Å². The van der Waals surface area contributed by atoms with E-state index in [1.165, 1.54) is 18.2 Å². The molecule has 0 atom stereocenters. The van der Waals surface area contributed by atoms with Crippen LogP contribution >= 0.6 is 0 Å². The first-order valence-corrected chi connectivity index (χ1v) is 5.08. The van der Waals surface area contributed by atoms with Gasteiger partial charge in [-0.3, -0.25) is 0 Å². The van der Waals surface area contributed by atoms with Gasteiger partial charge >= 0.3 is 0 Å². The van der Waals surface area contributed by atoms with Gasteiger partial charge in [0.2, 0.25) is 0 Å². The molecule has 5 heteroatoms. The highest BCUT2D eigenvalue weighted by Crippen LogP contribution is 2.10. The van der Waals surface area contributed by atoms with Gasteiger partial charge in [-0.15, -0.1) is 0 Å². The van der Waals surface area contributed by atoms with Gasteiger partial charge in [-0.1, -0.05) is 5.16 Å². The Morgan fingerprint density at radius 3 is 2.94 bits per heavy atom. The van der Waals surface area contributed by atoms with Crippen LogP contribution in [0, 0.1) is 17.1 Å². The largest absolute Gasteiger partial charge is 0.360 e. The van der Waals surface area contributed by atoms with E-state index in [4.69, 9.17) is 9.78 Å². The minimum Gasteiger partial charge on any atom is -0.360 e. The minimum atomic E-state index is -0.325. The number of nitrogens with zero attached hydrogens (tertiary/aromatic N) is 2. The van der Waals surface area contributed by atoms with E-state index in [9.17, 15) is 4.39 Å². The van der Waals surface area contributed by atoms with Gasteiger partial charge in [0.15, 0.2) is 0 Å². The lowest BCUT2D eigenvalue weighted by Gasteiger charge is -2.04. The molecule has 0 spiro atoms. The van der Waals surface area contributed by atoms with E-state index in [1.54, 1.807) is 12.3 Å². The Kier molecular flexibility index (Phi) is 3.48. The number of hydrogen-bond acceptors (Lipinski definition) is 4. The zero-order valence-electron chi connectivity index (χ0n) is 8.98. The number of benzene rings is 1. The van der Waals surface area contributed by atoms with Crippen molar-refractivity contribution in [3.63, 3.8) is 0 Å². The first kappa shape index (κ1) is 11.3. The molecule has 1 heterocycles. The number of aromatic nitrogens is 1. The van der Waals surface area contributed by atoms with E-state index < -0.39 is 0 Å². The van der Waals surface area contributed by atoms with Crippen molar-refractivity contribution < 1.29 is 8.91 Å². The van der Waals surface area contributed by atoms with E-state index in [1.807, 2.05) is 6.07 Å². The van der Waals surface area contributed by atoms with Crippen LogP contribution in [0.1, 0.15) is 16.9 Å². The van der Waals surface area contributed by atoms with E-state index in [-0.39, 0.29) is 5.82 Å². The lowest BCUT2D eigenvalue weighted by Crippen LogP contribution is -2.13.